The molecular formula is C12H14N2O2. The Kier molecular flexibility index (Phi) is 2.90. The minimum atomic E-state index is -0.325. The summed E-state index contributed by atoms with van der Waals surface area (Å²) in [4.78, 5) is 24.3. The minimum Gasteiger partial charge on any atom is -0.328 e. The second kappa shape index (κ2) is 4.35. The van der Waals surface area contributed by atoms with Crippen molar-refractivity contribution >= 4 is 17.6 Å². The summed E-state index contributed by atoms with van der Waals surface area (Å²) < 4.78 is 0. The molecule has 2 rings (SSSR count). The lowest BCUT2D eigenvalue weighted by Gasteiger charge is -2.16. The second-order valence-electron chi connectivity index (χ2n) is 3.77. The normalized spacial score (nSPS) is 15.4. The first-order valence-corrected chi connectivity index (χ1v) is 5.42. The summed E-state index contributed by atoms with van der Waals surface area (Å²) in [6.45, 7) is 2.17. The van der Waals surface area contributed by atoms with Crippen molar-refractivity contribution in [2.75, 3.05) is 11.4 Å². The Morgan fingerprint density at radius 2 is 2.06 bits per heavy atom. The van der Waals surface area contributed by atoms with Crippen LogP contribution in [0.15, 0.2) is 24.3 Å². The number of rotatable bonds is 3. The summed E-state index contributed by atoms with van der Waals surface area (Å²) >= 11 is 0. The number of nitrogens with zero attached hydrogens (tertiary/aromatic N) is 1. The standard InChI is InChI=1S/C12H14N2O2/c1-2-5-9-6-3-4-7-10(9)14-11(15)8-13-12(14)16/h3-4,6-7H,2,5,8H2,1H3,(H,13,16). The fourth-order valence-corrected chi connectivity index (χ4v) is 1.88. The first kappa shape index (κ1) is 10.7. The van der Waals surface area contributed by atoms with Crippen molar-refractivity contribution in [3.05, 3.63) is 29.8 Å². The molecule has 16 heavy (non-hydrogen) atoms. The summed E-state index contributed by atoms with van der Waals surface area (Å²) in [6, 6.07) is 7.21. The third-order valence-electron chi connectivity index (χ3n) is 2.60. The summed E-state index contributed by atoms with van der Waals surface area (Å²) in [7, 11) is 0. The molecule has 1 aromatic rings. The number of aryl methyl sites for hydroxylation is 1. The molecule has 0 aromatic heterocycles. The summed E-state index contributed by atoms with van der Waals surface area (Å²) in [5, 5.41) is 2.52. The molecule has 84 valence electrons. The molecule has 1 aliphatic rings. The molecule has 0 spiro atoms. The first-order chi connectivity index (χ1) is 7.74. The number of para-hydroxylation sites is 1. The highest BCUT2D eigenvalue weighted by molar-refractivity contribution is 6.20. The number of benzene rings is 1. The van der Waals surface area contributed by atoms with E-state index in [0.717, 1.165) is 18.4 Å². The van der Waals surface area contributed by atoms with Gasteiger partial charge >= 0.3 is 6.03 Å². The predicted molar refractivity (Wildman–Crippen MR) is 61.3 cm³/mol. The molecule has 0 atom stereocenters. The zero-order valence-corrected chi connectivity index (χ0v) is 9.19. The van der Waals surface area contributed by atoms with Gasteiger partial charge in [0.15, 0.2) is 0 Å². The molecule has 0 radical (unpaired) electrons. The van der Waals surface area contributed by atoms with Gasteiger partial charge in [-0.1, -0.05) is 31.5 Å². The molecule has 0 saturated carbocycles. The molecule has 3 amide bonds. The van der Waals surface area contributed by atoms with Crippen LogP contribution in [0.5, 0.6) is 0 Å². The smallest absolute Gasteiger partial charge is 0.328 e. The van der Waals surface area contributed by atoms with Crippen LogP contribution in [0.25, 0.3) is 0 Å². The van der Waals surface area contributed by atoms with Crippen molar-refractivity contribution < 1.29 is 9.59 Å². The number of anilines is 1. The zero-order chi connectivity index (χ0) is 11.5. The van der Waals surface area contributed by atoms with Crippen molar-refractivity contribution in [2.24, 2.45) is 0 Å². The van der Waals surface area contributed by atoms with E-state index in [-0.39, 0.29) is 18.5 Å². The molecule has 0 bridgehead atoms. The van der Waals surface area contributed by atoms with Gasteiger partial charge in [0, 0.05) is 0 Å². The number of urea groups is 1. The maximum absolute atomic E-state index is 11.6. The molecular weight excluding hydrogens is 204 g/mol. The molecule has 1 N–H and O–H groups in total. The lowest BCUT2D eigenvalue weighted by atomic mass is 10.1. The van der Waals surface area contributed by atoms with E-state index in [0.29, 0.717) is 5.69 Å². The maximum atomic E-state index is 11.6. The summed E-state index contributed by atoms with van der Waals surface area (Å²) in [5.41, 5.74) is 1.75. The van der Waals surface area contributed by atoms with Crippen LogP contribution in [0.2, 0.25) is 0 Å². The SMILES string of the molecule is CCCc1ccccc1N1C(=O)CNC1=O. The molecule has 0 unspecified atom stereocenters. The van der Waals surface area contributed by atoms with Crippen molar-refractivity contribution in [3.63, 3.8) is 0 Å². The lowest BCUT2D eigenvalue weighted by Crippen LogP contribution is -2.31. The van der Waals surface area contributed by atoms with E-state index in [4.69, 9.17) is 0 Å². The van der Waals surface area contributed by atoms with Gasteiger partial charge in [-0.05, 0) is 18.1 Å². The number of hydrogen-bond donors (Lipinski definition) is 1. The Bertz CT molecular complexity index is 413. The molecule has 1 aliphatic heterocycles. The van der Waals surface area contributed by atoms with E-state index in [9.17, 15) is 9.59 Å². The number of carbonyl (C=O) groups excluding carboxylic acids is 2. The zero-order valence-electron chi connectivity index (χ0n) is 9.19. The van der Waals surface area contributed by atoms with Crippen LogP contribution in [0.1, 0.15) is 18.9 Å². The Balaban J connectivity index is 2.38. The topological polar surface area (TPSA) is 49.4 Å². The number of nitrogens with one attached hydrogen (secondary N) is 1. The molecule has 0 aliphatic carbocycles. The second-order valence-corrected chi connectivity index (χ2v) is 3.77. The van der Waals surface area contributed by atoms with Crippen molar-refractivity contribution in [1.29, 1.82) is 0 Å². The molecule has 4 nitrogen and oxygen atoms in total. The highest BCUT2D eigenvalue weighted by Gasteiger charge is 2.30. The van der Waals surface area contributed by atoms with Crippen LogP contribution in [-0.4, -0.2) is 18.5 Å². The van der Waals surface area contributed by atoms with Gasteiger partial charge in [-0.15, -0.1) is 0 Å². The first-order valence-electron chi connectivity index (χ1n) is 5.42. The van der Waals surface area contributed by atoms with Crippen molar-refractivity contribution in [2.45, 2.75) is 19.8 Å². The third-order valence-corrected chi connectivity index (χ3v) is 2.60. The van der Waals surface area contributed by atoms with Crippen LogP contribution in [0.3, 0.4) is 0 Å². The van der Waals surface area contributed by atoms with E-state index < -0.39 is 0 Å². The number of hydrogen-bond acceptors (Lipinski definition) is 2. The van der Waals surface area contributed by atoms with Gasteiger partial charge in [0.1, 0.15) is 0 Å². The van der Waals surface area contributed by atoms with E-state index in [1.165, 1.54) is 4.90 Å². The molecule has 1 heterocycles. The van der Waals surface area contributed by atoms with Gasteiger partial charge in [0.05, 0.1) is 12.2 Å². The van der Waals surface area contributed by atoms with Crippen LogP contribution in [0.4, 0.5) is 10.5 Å². The average Bonchev–Trinajstić information content (AvgIpc) is 2.60. The predicted octanol–water partition coefficient (Wildman–Crippen LogP) is 1.70. The van der Waals surface area contributed by atoms with Gasteiger partial charge in [-0.25, -0.2) is 9.69 Å². The van der Waals surface area contributed by atoms with E-state index in [1.54, 1.807) is 0 Å². The van der Waals surface area contributed by atoms with Crippen LogP contribution < -0.4 is 10.2 Å². The Morgan fingerprint density at radius 3 is 2.69 bits per heavy atom. The Labute approximate surface area is 94.2 Å². The third kappa shape index (κ3) is 1.78. The van der Waals surface area contributed by atoms with Gasteiger partial charge in [0.2, 0.25) is 0 Å². The van der Waals surface area contributed by atoms with Gasteiger partial charge in [0.25, 0.3) is 5.91 Å². The Morgan fingerprint density at radius 1 is 1.31 bits per heavy atom. The van der Waals surface area contributed by atoms with Crippen LogP contribution in [-0.2, 0) is 11.2 Å². The molecule has 1 aromatic carbocycles. The molecule has 1 saturated heterocycles. The maximum Gasteiger partial charge on any atom is 0.329 e. The summed E-state index contributed by atoms with van der Waals surface area (Å²) in [6.07, 6.45) is 1.86. The van der Waals surface area contributed by atoms with Gasteiger partial charge < -0.3 is 5.32 Å². The highest BCUT2D eigenvalue weighted by Crippen LogP contribution is 2.23. The number of imide groups is 1. The molecule has 1 fully saturated rings. The number of carbonyl (C=O) groups is 2. The van der Waals surface area contributed by atoms with Gasteiger partial charge in [-0.3, -0.25) is 4.79 Å². The van der Waals surface area contributed by atoms with Crippen LogP contribution in [0, 0.1) is 0 Å². The van der Waals surface area contributed by atoms with Crippen LogP contribution >= 0.6 is 0 Å². The van der Waals surface area contributed by atoms with Crippen molar-refractivity contribution in [1.82, 2.24) is 5.32 Å². The fourth-order valence-electron chi connectivity index (χ4n) is 1.88. The fraction of sp³-hybridized carbons (Fsp3) is 0.333. The van der Waals surface area contributed by atoms with E-state index in [2.05, 4.69) is 12.2 Å². The largest absolute Gasteiger partial charge is 0.329 e. The summed E-state index contributed by atoms with van der Waals surface area (Å²) in [5.74, 6) is -0.187. The highest BCUT2D eigenvalue weighted by atomic mass is 16.2. The average molecular weight is 218 g/mol. The Hall–Kier alpha value is -1.84. The monoisotopic (exact) mass is 218 g/mol. The lowest BCUT2D eigenvalue weighted by molar-refractivity contribution is -0.115. The van der Waals surface area contributed by atoms with E-state index >= 15 is 0 Å². The quantitative estimate of drug-likeness (QED) is 0.785. The number of amides is 3. The van der Waals surface area contributed by atoms with E-state index in [1.807, 2.05) is 24.3 Å². The van der Waals surface area contributed by atoms with Crippen molar-refractivity contribution in [3.8, 4) is 0 Å². The van der Waals surface area contributed by atoms with Gasteiger partial charge in [-0.2, -0.15) is 0 Å². The molecule has 4 heteroatoms. The minimum absolute atomic E-state index is 0.0965.